The van der Waals surface area contributed by atoms with Gasteiger partial charge in [-0.05, 0) is 12.1 Å². The van der Waals surface area contributed by atoms with Gasteiger partial charge in [0.05, 0.1) is 27.1 Å². The molecule has 0 unspecified atom stereocenters. The SMILES string of the molecule is COc1cc(NC(=O)CSc2ccccc2)cc(OC)c1OC. The first-order valence-electron chi connectivity index (χ1n) is 6.95. The Labute approximate surface area is 139 Å². The summed E-state index contributed by atoms with van der Waals surface area (Å²) in [6.07, 6.45) is 0. The molecule has 6 heteroatoms. The molecule has 0 aromatic heterocycles. The number of amides is 1. The van der Waals surface area contributed by atoms with E-state index < -0.39 is 0 Å². The zero-order valence-electron chi connectivity index (χ0n) is 13.3. The Morgan fingerprint density at radius 3 is 2.13 bits per heavy atom. The molecule has 1 N–H and O–H groups in total. The molecule has 0 fully saturated rings. The van der Waals surface area contributed by atoms with Crippen LogP contribution in [-0.2, 0) is 4.79 Å². The molecular formula is C17H19NO4S. The van der Waals surface area contributed by atoms with Crippen LogP contribution in [0.1, 0.15) is 0 Å². The van der Waals surface area contributed by atoms with E-state index in [9.17, 15) is 4.79 Å². The highest BCUT2D eigenvalue weighted by molar-refractivity contribution is 8.00. The second kappa shape index (κ2) is 8.33. The van der Waals surface area contributed by atoms with Crippen LogP contribution in [0.25, 0.3) is 0 Å². The van der Waals surface area contributed by atoms with Crippen molar-refractivity contribution in [3.05, 3.63) is 42.5 Å². The van der Waals surface area contributed by atoms with E-state index in [1.165, 1.54) is 33.1 Å². The molecule has 122 valence electrons. The summed E-state index contributed by atoms with van der Waals surface area (Å²) in [6.45, 7) is 0. The van der Waals surface area contributed by atoms with Gasteiger partial charge in [-0.15, -0.1) is 11.8 Å². The largest absolute Gasteiger partial charge is 0.493 e. The summed E-state index contributed by atoms with van der Waals surface area (Å²) in [5.74, 6) is 1.70. The second-order valence-corrected chi connectivity index (χ2v) is 5.61. The average Bonchev–Trinajstić information content (AvgIpc) is 2.59. The van der Waals surface area contributed by atoms with Crippen molar-refractivity contribution in [1.82, 2.24) is 0 Å². The number of anilines is 1. The van der Waals surface area contributed by atoms with Gasteiger partial charge in [0.15, 0.2) is 11.5 Å². The van der Waals surface area contributed by atoms with E-state index >= 15 is 0 Å². The van der Waals surface area contributed by atoms with E-state index in [0.717, 1.165) is 4.90 Å². The lowest BCUT2D eigenvalue weighted by Gasteiger charge is -2.14. The van der Waals surface area contributed by atoms with Crippen LogP contribution in [0.4, 0.5) is 5.69 Å². The van der Waals surface area contributed by atoms with Gasteiger partial charge in [-0.2, -0.15) is 0 Å². The first-order valence-corrected chi connectivity index (χ1v) is 7.94. The molecule has 1 amide bonds. The highest BCUT2D eigenvalue weighted by atomic mass is 32.2. The van der Waals surface area contributed by atoms with E-state index in [-0.39, 0.29) is 5.91 Å². The van der Waals surface area contributed by atoms with Crippen LogP contribution in [0.5, 0.6) is 17.2 Å². The summed E-state index contributed by atoms with van der Waals surface area (Å²) in [5.41, 5.74) is 0.596. The van der Waals surface area contributed by atoms with Crippen LogP contribution in [0, 0.1) is 0 Å². The number of carbonyl (C=O) groups excluding carboxylic acids is 1. The number of benzene rings is 2. The minimum absolute atomic E-state index is 0.104. The summed E-state index contributed by atoms with van der Waals surface area (Å²) in [6, 6.07) is 13.2. The number of hydrogen-bond donors (Lipinski definition) is 1. The Bertz CT molecular complexity index is 636. The van der Waals surface area contributed by atoms with Crippen LogP contribution < -0.4 is 19.5 Å². The summed E-state index contributed by atoms with van der Waals surface area (Å²) < 4.78 is 15.8. The molecule has 0 radical (unpaired) electrons. The lowest BCUT2D eigenvalue weighted by Crippen LogP contribution is -2.14. The fourth-order valence-corrected chi connectivity index (χ4v) is 2.74. The first kappa shape index (κ1) is 17.0. The number of methoxy groups -OCH3 is 3. The first-order chi connectivity index (χ1) is 11.2. The van der Waals surface area contributed by atoms with Gasteiger partial charge in [-0.25, -0.2) is 0 Å². The normalized spacial score (nSPS) is 10.0. The van der Waals surface area contributed by atoms with Crippen molar-refractivity contribution < 1.29 is 19.0 Å². The molecule has 0 aliphatic carbocycles. The topological polar surface area (TPSA) is 56.8 Å². The predicted octanol–water partition coefficient (Wildman–Crippen LogP) is 3.44. The van der Waals surface area contributed by atoms with Gasteiger partial charge in [0.25, 0.3) is 0 Å². The molecule has 2 rings (SSSR count). The Morgan fingerprint density at radius 1 is 1.00 bits per heavy atom. The number of rotatable bonds is 7. The molecular weight excluding hydrogens is 314 g/mol. The third-order valence-corrected chi connectivity index (χ3v) is 4.07. The highest BCUT2D eigenvalue weighted by Gasteiger charge is 2.14. The second-order valence-electron chi connectivity index (χ2n) is 4.56. The molecule has 2 aromatic carbocycles. The molecule has 0 aliphatic heterocycles. The maximum absolute atomic E-state index is 12.1. The molecule has 0 bridgehead atoms. The standard InChI is InChI=1S/C17H19NO4S/c1-20-14-9-12(10-15(21-2)17(14)22-3)18-16(19)11-23-13-7-5-4-6-8-13/h4-10H,11H2,1-3H3,(H,18,19). The molecule has 5 nitrogen and oxygen atoms in total. The smallest absolute Gasteiger partial charge is 0.234 e. The molecule has 23 heavy (non-hydrogen) atoms. The third-order valence-electron chi connectivity index (χ3n) is 3.06. The summed E-state index contributed by atoms with van der Waals surface area (Å²) in [4.78, 5) is 13.1. The van der Waals surface area contributed by atoms with Gasteiger partial charge in [0.1, 0.15) is 0 Å². The minimum atomic E-state index is -0.104. The van der Waals surface area contributed by atoms with Crippen LogP contribution in [-0.4, -0.2) is 33.0 Å². The third kappa shape index (κ3) is 4.56. The van der Waals surface area contributed by atoms with Crippen LogP contribution in [0.2, 0.25) is 0 Å². The Kier molecular flexibility index (Phi) is 6.17. The van der Waals surface area contributed by atoms with Crippen molar-refractivity contribution in [2.45, 2.75) is 4.90 Å². The molecule has 0 aliphatic rings. The van der Waals surface area contributed by atoms with Gasteiger partial charge in [0.2, 0.25) is 11.7 Å². The molecule has 0 atom stereocenters. The van der Waals surface area contributed by atoms with E-state index in [1.807, 2.05) is 30.3 Å². The van der Waals surface area contributed by atoms with Crippen LogP contribution >= 0.6 is 11.8 Å². The van der Waals surface area contributed by atoms with Gasteiger partial charge >= 0.3 is 0 Å². The Balaban J connectivity index is 2.05. The molecule has 2 aromatic rings. The number of carbonyl (C=O) groups is 1. The fraction of sp³-hybridized carbons (Fsp3) is 0.235. The highest BCUT2D eigenvalue weighted by Crippen LogP contribution is 2.39. The van der Waals surface area contributed by atoms with Crippen LogP contribution in [0.3, 0.4) is 0 Å². The Hall–Kier alpha value is -2.34. The molecule has 0 heterocycles. The van der Waals surface area contributed by atoms with Crippen molar-refractivity contribution >= 4 is 23.4 Å². The van der Waals surface area contributed by atoms with Gasteiger partial charge in [-0.3, -0.25) is 4.79 Å². The summed E-state index contributed by atoms with van der Waals surface area (Å²) in [7, 11) is 4.61. The van der Waals surface area contributed by atoms with Crippen molar-refractivity contribution in [2.75, 3.05) is 32.4 Å². The van der Waals surface area contributed by atoms with Gasteiger partial charge in [-0.1, -0.05) is 18.2 Å². The maximum atomic E-state index is 12.1. The van der Waals surface area contributed by atoms with E-state index in [1.54, 1.807) is 12.1 Å². The van der Waals surface area contributed by atoms with E-state index in [0.29, 0.717) is 28.7 Å². The lowest BCUT2D eigenvalue weighted by atomic mass is 10.2. The Morgan fingerprint density at radius 2 is 1.61 bits per heavy atom. The quantitative estimate of drug-likeness (QED) is 0.787. The van der Waals surface area contributed by atoms with Crippen molar-refractivity contribution in [3.8, 4) is 17.2 Å². The fourth-order valence-electron chi connectivity index (χ4n) is 2.02. The zero-order valence-corrected chi connectivity index (χ0v) is 14.1. The number of hydrogen-bond acceptors (Lipinski definition) is 5. The zero-order chi connectivity index (χ0) is 16.7. The van der Waals surface area contributed by atoms with Crippen molar-refractivity contribution in [1.29, 1.82) is 0 Å². The number of nitrogens with one attached hydrogen (secondary N) is 1. The number of thioether (sulfide) groups is 1. The summed E-state index contributed by atoms with van der Waals surface area (Å²) in [5, 5.41) is 2.84. The van der Waals surface area contributed by atoms with Crippen LogP contribution in [0.15, 0.2) is 47.4 Å². The van der Waals surface area contributed by atoms with E-state index in [2.05, 4.69) is 5.32 Å². The molecule has 0 saturated carbocycles. The average molecular weight is 333 g/mol. The van der Waals surface area contributed by atoms with E-state index in [4.69, 9.17) is 14.2 Å². The molecule has 0 saturated heterocycles. The predicted molar refractivity (Wildman–Crippen MR) is 91.9 cm³/mol. The maximum Gasteiger partial charge on any atom is 0.234 e. The van der Waals surface area contributed by atoms with Gasteiger partial charge < -0.3 is 19.5 Å². The lowest BCUT2D eigenvalue weighted by molar-refractivity contribution is -0.113. The van der Waals surface area contributed by atoms with Gasteiger partial charge in [0, 0.05) is 22.7 Å². The monoisotopic (exact) mass is 333 g/mol. The van der Waals surface area contributed by atoms with Crippen molar-refractivity contribution in [2.24, 2.45) is 0 Å². The number of ether oxygens (including phenoxy) is 3. The van der Waals surface area contributed by atoms with Crippen molar-refractivity contribution in [3.63, 3.8) is 0 Å². The summed E-state index contributed by atoms with van der Waals surface area (Å²) >= 11 is 1.48. The molecule has 0 spiro atoms. The minimum Gasteiger partial charge on any atom is -0.493 e.